The standard InChI is InChI=1S/C28H35Cl2FN4O4S/c1-20(36)34-17-9-21(10-18-34)28(37)35(24-5-8-26(29)27(30)19-24)14-2-13-33-15-11-23(12-16-33)32-40(38,39)25-6-3-22(31)4-7-25/h3-8,19,21,23,32H,2,9-18H2,1H3. The monoisotopic (exact) mass is 612 g/mol. The number of rotatable bonds is 9. The van der Waals surface area contributed by atoms with Gasteiger partial charge in [-0.2, -0.15) is 0 Å². The summed E-state index contributed by atoms with van der Waals surface area (Å²) in [7, 11) is -3.71. The highest BCUT2D eigenvalue weighted by Gasteiger charge is 2.31. The zero-order valence-electron chi connectivity index (χ0n) is 22.5. The van der Waals surface area contributed by atoms with Crippen LogP contribution in [0.2, 0.25) is 10.0 Å². The summed E-state index contributed by atoms with van der Waals surface area (Å²) in [4.78, 5) is 31.2. The Morgan fingerprint density at radius 2 is 1.62 bits per heavy atom. The second kappa shape index (κ2) is 13.6. The molecule has 2 saturated heterocycles. The number of hydrogen-bond donors (Lipinski definition) is 1. The number of likely N-dealkylation sites (tertiary alicyclic amines) is 2. The summed E-state index contributed by atoms with van der Waals surface area (Å²) >= 11 is 12.4. The minimum absolute atomic E-state index is 0.0236. The van der Waals surface area contributed by atoms with Crippen LogP contribution < -0.4 is 9.62 Å². The van der Waals surface area contributed by atoms with Gasteiger partial charge in [0.1, 0.15) is 5.82 Å². The van der Waals surface area contributed by atoms with Crippen molar-refractivity contribution in [2.24, 2.45) is 5.92 Å². The minimum atomic E-state index is -3.71. The summed E-state index contributed by atoms with van der Waals surface area (Å²) < 4.78 is 41.2. The Labute approximate surface area is 245 Å². The van der Waals surface area contributed by atoms with Gasteiger partial charge in [-0.15, -0.1) is 0 Å². The Morgan fingerprint density at radius 1 is 0.975 bits per heavy atom. The second-order valence-corrected chi connectivity index (χ2v) is 12.9. The van der Waals surface area contributed by atoms with E-state index in [2.05, 4.69) is 9.62 Å². The van der Waals surface area contributed by atoms with E-state index in [0.29, 0.717) is 61.1 Å². The second-order valence-electron chi connectivity index (χ2n) is 10.4. The van der Waals surface area contributed by atoms with Crippen molar-refractivity contribution in [3.63, 3.8) is 0 Å². The third-order valence-corrected chi connectivity index (χ3v) is 9.94. The van der Waals surface area contributed by atoms with Crippen molar-refractivity contribution in [2.75, 3.05) is 44.2 Å². The van der Waals surface area contributed by atoms with Gasteiger partial charge in [-0.25, -0.2) is 17.5 Å². The van der Waals surface area contributed by atoms with Gasteiger partial charge in [0.25, 0.3) is 0 Å². The highest BCUT2D eigenvalue weighted by Crippen LogP contribution is 2.30. The van der Waals surface area contributed by atoms with Crippen LogP contribution in [0.4, 0.5) is 10.1 Å². The molecule has 0 radical (unpaired) electrons. The van der Waals surface area contributed by atoms with Crippen LogP contribution in [0.15, 0.2) is 47.4 Å². The summed E-state index contributed by atoms with van der Waals surface area (Å²) in [6.45, 7) is 5.39. The summed E-state index contributed by atoms with van der Waals surface area (Å²) in [5.41, 5.74) is 0.697. The van der Waals surface area contributed by atoms with Crippen molar-refractivity contribution in [3.8, 4) is 0 Å². The van der Waals surface area contributed by atoms with Gasteiger partial charge in [-0.3, -0.25) is 9.59 Å². The van der Waals surface area contributed by atoms with E-state index < -0.39 is 15.8 Å². The zero-order valence-corrected chi connectivity index (χ0v) is 24.8. The molecule has 4 rings (SSSR count). The third-order valence-electron chi connectivity index (χ3n) is 7.66. The molecule has 2 aromatic carbocycles. The van der Waals surface area contributed by atoms with Crippen molar-refractivity contribution in [2.45, 2.75) is 50.0 Å². The largest absolute Gasteiger partial charge is 0.343 e. The number of amides is 2. The summed E-state index contributed by atoms with van der Waals surface area (Å²) in [6.07, 6.45) is 3.29. The lowest BCUT2D eigenvalue weighted by molar-refractivity contribution is -0.133. The molecule has 2 amide bonds. The molecule has 1 N–H and O–H groups in total. The molecular formula is C28H35Cl2FN4O4S. The van der Waals surface area contributed by atoms with Gasteiger partial charge < -0.3 is 14.7 Å². The first-order valence-electron chi connectivity index (χ1n) is 13.6. The van der Waals surface area contributed by atoms with Crippen molar-refractivity contribution in [1.29, 1.82) is 0 Å². The number of sulfonamides is 1. The highest BCUT2D eigenvalue weighted by atomic mass is 35.5. The normalized spacial score (nSPS) is 17.6. The number of hydrogen-bond acceptors (Lipinski definition) is 5. The molecule has 0 unspecified atom stereocenters. The van der Waals surface area contributed by atoms with E-state index >= 15 is 0 Å². The fraction of sp³-hybridized carbons (Fsp3) is 0.500. The molecule has 40 heavy (non-hydrogen) atoms. The van der Waals surface area contributed by atoms with Gasteiger partial charge in [-0.1, -0.05) is 23.2 Å². The van der Waals surface area contributed by atoms with Crippen LogP contribution in [0.1, 0.15) is 39.0 Å². The Hall–Kier alpha value is -2.24. The number of piperidine rings is 2. The summed E-state index contributed by atoms with van der Waals surface area (Å²) in [5.74, 6) is -0.602. The molecule has 2 aliphatic rings. The third kappa shape index (κ3) is 7.94. The quantitative estimate of drug-likeness (QED) is 0.448. The Balaban J connectivity index is 1.31. The zero-order chi connectivity index (χ0) is 28.9. The molecular weight excluding hydrogens is 578 g/mol. The maximum atomic E-state index is 13.6. The van der Waals surface area contributed by atoms with Gasteiger partial charge in [-0.05, 0) is 94.2 Å². The Bertz CT molecular complexity index is 1300. The van der Waals surface area contributed by atoms with E-state index in [4.69, 9.17) is 23.2 Å². The van der Waals surface area contributed by atoms with Gasteiger partial charge in [0.05, 0.1) is 14.9 Å². The number of nitrogens with one attached hydrogen (secondary N) is 1. The molecule has 0 saturated carbocycles. The molecule has 2 heterocycles. The summed E-state index contributed by atoms with van der Waals surface area (Å²) in [5, 5.41) is 0.805. The number of carbonyl (C=O) groups excluding carboxylic acids is 2. The topological polar surface area (TPSA) is 90.0 Å². The first-order chi connectivity index (χ1) is 19.0. The maximum Gasteiger partial charge on any atom is 0.240 e. The van der Waals surface area contributed by atoms with Crippen LogP contribution >= 0.6 is 23.2 Å². The van der Waals surface area contributed by atoms with E-state index in [0.717, 1.165) is 38.2 Å². The molecule has 0 aliphatic carbocycles. The average molecular weight is 614 g/mol. The van der Waals surface area contributed by atoms with Crippen LogP contribution in [0, 0.1) is 11.7 Å². The van der Waals surface area contributed by atoms with Crippen LogP contribution in [0.25, 0.3) is 0 Å². The van der Waals surface area contributed by atoms with Gasteiger partial charge >= 0.3 is 0 Å². The highest BCUT2D eigenvalue weighted by molar-refractivity contribution is 7.89. The van der Waals surface area contributed by atoms with E-state index in [9.17, 15) is 22.4 Å². The number of anilines is 1. The lowest BCUT2D eigenvalue weighted by Gasteiger charge is -2.35. The molecule has 0 spiro atoms. The maximum absolute atomic E-state index is 13.6. The minimum Gasteiger partial charge on any atom is -0.343 e. The first-order valence-corrected chi connectivity index (χ1v) is 15.8. The van der Waals surface area contributed by atoms with Crippen molar-refractivity contribution in [3.05, 3.63) is 58.3 Å². The lowest BCUT2D eigenvalue weighted by Crippen LogP contribution is -2.46. The predicted molar refractivity (Wildman–Crippen MR) is 155 cm³/mol. The van der Waals surface area contributed by atoms with Gasteiger partial charge in [0.15, 0.2) is 0 Å². The molecule has 0 aromatic heterocycles. The van der Waals surface area contributed by atoms with E-state index in [1.807, 2.05) is 0 Å². The summed E-state index contributed by atoms with van der Waals surface area (Å²) in [6, 6.07) is 9.81. The number of benzene rings is 2. The number of halogens is 3. The molecule has 0 atom stereocenters. The fourth-order valence-corrected chi connectivity index (χ4v) is 6.91. The van der Waals surface area contributed by atoms with E-state index in [1.54, 1.807) is 34.9 Å². The van der Waals surface area contributed by atoms with E-state index in [1.165, 1.54) is 12.1 Å². The van der Waals surface area contributed by atoms with Crippen LogP contribution in [-0.4, -0.2) is 75.3 Å². The smallest absolute Gasteiger partial charge is 0.240 e. The fourth-order valence-electron chi connectivity index (χ4n) is 5.31. The first kappa shape index (κ1) is 30.7. The SMILES string of the molecule is CC(=O)N1CCC(C(=O)N(CCCN2CCC(NS(=O)(=O)c3ccc(F)cc3)CC2)c2ccc(Cl)c(Cl)c2)CC1. The van der Waals surface area contributed by atoms with Crippen molar-refractivity contribution in [1.82, 2.24) is 14.5 Å². The number of carbonyl (C=O) groups is 2. The molecule has 12 heteroatoms. The molecule has 8 nitrogen and oxygen atoms in total. The molecule has 2 aliphatic heterocycles. The van der Waals surface area contributed by atoms with Crippen molar-refractivity contribution >= 4 is 50.7 Å². The van der Waals surface area contributed by atoms with Crippen LogP contribution in [-0.2, 0) is 19.6 Å². The number of nitrogens with zero attached hydrogens (tertiary/aromatic N) is 3. The van der Waals surface area contributed by atoms with Crippen LogP contribution in [0.3, 0.4) is 0 Å². The van der Waals surface area contributed by atoms with Crippen molar-refractivity contribution < 1.29 is 22.4 Å². The Morgan fingerprint density at radius 3 is 2.23 bits per heavy atom. The Kier molecular flexibility index (Phi) is 10.5. The molecule has 2 fully saturated rings. The molecule has 2 aromatic rings. The van der Waals surface area contributed by atoms with Gasteiger partial charge in [0, 0.05) is 44.2 Å². The lowest BCUT2D eigenvalue weighted by atomic mass is 9.94. The van der Waals surface area contributed by atoms with Crippen LogP contribution in [0.5, 0.6) is 0 Å². The predicted octanol–water partition coefficient (Wildman–Crippen LogP) is 4.56. The van der Waals surface area contributed by atoms with Gasteiger partial charge in [0.2, 0.25) is 21.8 Å². The van der Waals surface area contributed by atoms with E-state index in [-0.39, 0.29) is 28.7 Å². The average Bonchev–Trinajstić information content (AvgIpc) is 2.93. The molecule has 218 valence electrons. The molecule has 0 bridgehead atoms.